The topological polar surface area (TPSA) is 61.8 Å². The van der Waals surface area contributed by atoms with E-state index in [1.807, 2.05) is 0 Å². The van der Waals surface area contributed by atoms with E-state index in [1.54, 1.807) is 0 Å². The second-order valence-corrected chi connectivity index (χ2v) is 7.65. The first-order valence-electron chi connectivity index (χ1n) is 9.39. The zero-order chi connectivity index (χ0) is 17.9. The van der Waals surface area contributed by atoms with Crippen molar-refractivity contribution in [2.75, 3.05) is 26.3 Å². The fourth-order valence-electron chi connectivity index (χ4n) is 3.89. The Bertz CT molecular complexity index is 596. The molecule has 2 aliphatic heterocycles. The molecule has 138 valence electrons. The second-order valence-electron chi connectivity index (χ2n) is 7.65. The number of ether oxygens (including phenoxy) is 1. The Morgan fingerprint density at radius 1 is 1.28 bits per heavy atom. The monoisotopic (exact) mass is 346 g/mol. The third-order valence-electron chi connectivity index (χ3n) is 5.61. The molecular weight excluding hydrogens is 316 g/mol. The fraction of sp³-hybridized carbons (Fsp3) is 0.650. The van der Waals surface area contributed by atoms with Crippen molar-refractivity contribution in [3.63, 3.8) is 0 Å². The summed E-state index contributed by atoms with van der Waals surface area (Å²) in [7, 11) is 0. The van der Waals surface area contributed by atoms with Gasteiger partial charge in [-0.3, -0.25) is 9.69 Å². The smallest absolute Gasteiger partial charge is 0.252 e. The van der Waals surface area contributed by atoms with E-state index in [-0.39, 0.29) is 11.9 Å². The quantitative estimate of drug-likeness (QED) is 0.852. The summed E-state index contributed by atoms with van der Waals surface area (Å²) in [5.74, 6) is 0.175. The SMILES string of the molecule is CC(C)C(CNC(=O)C1(O)CCOCC1)N1CCc2ccccc2C1. The number of nitrogens with zero attached hydrogens (tertiary/aromatic N) is 1. The molecule has 5 heteroatoms. The van der Waals surface area contributed by atoms with Crippen LogP contribution in [0.4, 0.5) is 0 Å². The second kappa shape index (κ2) is 7.85. The Balaban J connectivity index is 1.61. The Morgan fingerprint density at radius 3 is 2.64 bits per heavy atom. The summed E-state index contributed by atoms with van der Waals surface area (Å²) in [5.41, 5.74) is 1.55. The van der Waals surface area contributed by atoms with Crippen molar-refractivity contribution in [3.05, 3.63) is 35.4 Å². The van der Waals surface area contributed by atoms with Gasteiger partial charge in [0, 0.05) is 51.7 Å². The van der Waals surface area contributed by atoms with Gasteiger partial charge in [0.25, 0.3) is 5.91 Å². The minimum atomic E-state index is -1.27. The predicted molar refractivity (Wildman–Crippen MR) is 97.2 cm³/mol. The van der Waals surface area contributed by atoms with Crippen molar-refractivity contribution in [2.24, 2.45) is 5.92 Å². The van der Waals surface area contributed by atoms with E-state index in [4.69, 9.17) is 4.74 Å². The van der Waals surface area contributed by atoms with Crippen LogP contribution in [0, 0.1) is 5.92 Å². The van der Waals surface area contributed by atoms with Gasteiger partial charge in [0.1, 0.15) is 5.60 Å². The molecule has 0 bridgehead atoms. The van der Waals surface area contributed by atoms with E-state index in [9.17, 15) is 9.90 Å². The summed E-state index contributed by atoms with van der Waals surface area (Å²) in [4.78, 5) is 15.0. The first-order chi connectivity index (χ1) is 12.0. The summed E-state index contributed by atoms with van der Waals surface area (Å²) in [5, 5.41) is 13.5. The van der Waals surface area contributed by atoms with Crippen molar-refractivity contribution in [2.45, 2.75) is 51.3 Å². The summed E-state index contributed by atoms with van der Waals surface area (Å²) in [6, 6.07) is 8.86. The molecule has 1 aromatic rings. The van der Waals surface area contributed by atoms with Crippen LogP contribution in [-0.4, -0.2) is 53.9 Å². The molecule has 1 atom stereocenters. The first-order valence-corrected chi connectivity index (χ1v) is 9.39. The molecule has 1 fully saturated rings. The van der Waals surface area contributed by atoms with Crippen molar-refractivity contribution in [3.8, 4) is 0 Å². The van der Waals surface area contributed by atoms with Crippen molar-refractivity contribution in [1.29, 1.82) is 0 Å². The summed E-state index contributed by atoms with van der Waals surface area (Å²) >= 11 is 0. The van der Waals surface area contributed by atoms with Crippen LogP contribution >= 0.6 is 0 Å². The van der Waals surface area contributed by atoms with E-state index in [0.717, 1.165) is 19.5 Å². The lowest BCUT2D eigenvalue weighted by atomic mass is 9.92. The molecular formula is C20H30N2O3. The molecule has 3 rings (SSSR count). The van der Waals surface area contributed by atoms with Crippen LogP contribution in [0.15, 0.2) is 24.3 Å². The molecule has 0 spiro atoms. The Kier molecular flexibility index (Phi) is 5.77. The van der Waals surface area contributed by atoms with Crippen LogP contribution in [0.25, 0.3) is 0 Å². The lowest BCUT2D eigenvalue weighted by Gasteiger charge is -2.39. The standard InChI is InChI=1S/C20H30N2O3/c1-15(2)18(13-21-19(23)20(24)8-11-25-12-9-20)22-10-7-16-5-3-4-6-17(16)14-22/h3-6,15,18,24H,7-14H2,1-2H3,(H,21,23). The fourth-order valence-corrected chi connectivity index (χ4v) is 3.89. The number of fused-ring (bicyclic) bond motifs is 1. The van der Waals surface area contributed by atoms with E-state index < -0.39 is 5.60 Å². The van der Waals surface area contributed by atoms with E-state index in [1.165, 1.54) is 11.1 Å². The third kappa shape index (κ3) is 4.22. The minimum Gasteiger partial charge on any atom is -0.381 e. The first kappa shape index (κ1) is 18.4. The molecule has 0 aliphatic carbocycles. The number of amides is 1. The number of rotatable bonds is 5. The van der Waals surface area contributed by atoms with Gasteiger partial charge in [-0.05, 0) is 23.5 Å². The normalized spacial score (nSPS) is 21.6. The number of carbonyl (C=O) groups excluding carboxylic acids is 1. The predicted octanol–water partition coefficient (Wildman–Crippen LogP) is 1.73. The number of nitrogens with one attached hydrogen (secondary N) is 1. The molecule has 1 aromatic carbocycles. The Morgan fingerprint density at radius 2 is 1.96 bits per heavy atom. The molecule has 2 aliphatic rings. The Hall–Kier alpha value is -1.43. The lowest BCUT2D eigenvalue weighted by molar-refractivity contribution is -0.149. The van der Waals surface area contributed by atoms with Gasteiger partial charge < -0.3 is 15.2 Å². The molecule has 1 amide bonds. The van der Waals surface area contributed by atoms with Gasteiger partial charge >= 0.3 is 0 Å². The molecule has 25 heavy (non-hydrogen) atoms. The van der Waals surface area contributed by atoms with Crippen LogP contribution in [0.1, 0.15) is 37.8 Å². The van der Waals surface area contributed by atoms with Gasteiger partial charge in [-0.1, -0.05) is 38.1 Å². The molecule has 2 N–H and O–H groups in total. The lowest BCUT2D eigenvalue weighted by Crippen LogP contribution is -2.54. The van der Waals surface area contributed by atoms with Crippen molar-refractivity contribution < 1.29 is 14.6 Å². The van der Waals surface area contributed by atoms with Crippen LogP contribution in [-0.2, 0) is 22.5 Å². The summed E-state index contributed by atoms with van der Waals surface area (Å²) in [6.07, 6.45) is 1.80. The molecule has 1 saturated heterocycles. The van der Waals surface area contributed by atoms with Crippen molar-refractivity contribution in [1.82, 2.24) is 10.2 Å². The van der Waals surface area contributed by atoms with E-state index in [0.29, 0.717) is 38.5 Å². The highest BCUT2D eigenvalue weighted by Crippen LogP contribution is 2.24. The molecule has 0 aromatic heterocycles. The van der Waals surface area contributed by atoms with Crippen LogP contribution in [0.3, 0.4) is 0 Å². The van der Waals surface area contributed by atoms with Crippen LogP contribution < -0.4 is 5.32 Å². The third-order valence-corrected chi connectivity index (χ3v) is 5.61. The van der Waals surface area contributed by atoms with Gasteiger partial charge in [-0.2, -0.15) is 0 Å². The number of aliphatic hydroxyl groups is 1. The zero-order valence-corrected chi connectivity index (χ0v) is 15.3. The number of hydrogen-bond donors (Lipinski definition) is 2. The van der Waals surface area contributed by atoms with Gasteiger partial charge in [0.15, 0.2) is 0 Å². The van der Waals surface area contributed by atoms with Crippen LogP contribution in [0.5, 0.6) is 0 Å². The van der Waals surface area contributed by atoms with E-state index in [2.05, 4.69) is 48.3 Å². The van der Waals surface area contributed by atoms with Crippen molar-refractivity contribution >= 4 is 5.91 Å². The maximum Gasteiger partial charge on any atom is 0.252 e. The largest absolute Gasteiger partial charge is 0.381 e. The highest BCUT2D eigenvalue weighted by molar-refractivity contribution is 5.85. The number of benzene rings is 1. The summed E-state index contributed by atoms with van der Waals surface area (Å²) < 4.78 is 5.26. The van der Waals surface area contributed by atoms with Gasteiger partial charge in [-0.15, -0.1) is 0 Å². The maximum absolute atomic E-state index is 12.5. The molecule has 1 unspecified atom stereocenters. The maximum atomic E-state index is 12.5. The summed E-state index contributed by atoms with van der Waals surface area (Å²) in [6.45, 7) is 7.78. The highest BCUT2D eigenvalue weighted by Gasteiger charge is 2.38. The zero-order valence-electron chi connectivity index (χ0n) is 15.3. The average Bonchev–Trinajstić information content (AvgIpc) is 2.62. The molecule has 0 saturated carbocycles. The van der Waals surface area contributed by atoms with Gasteiger partial charge in [0.2, 0.25) is 0 Å². The molecule has 2 heterocycles. The number of carbonyl (C=O) groups is 1. The van der Waals surface area contributed by atoms with Gasteiger partial charge in [0.05, 0.1) is 0 Å². The van der Waals surface area contributed by atoms with Crippen LogP contribution in [0.2, 0.25) is 0 Å². The minimum absolute atomic E-state index is 0.251. The molecule has 5 nitrogen and oxygen atoms in total. The van der Waals surface area contributed by atoms with E-state index >= 15 is 0 Å². The molecule has 0 radical (unpaired) electrons. The Labute approximate surface area is 150 Å². The number of hydrogen-bond acceptors (Lipinski definition) is 4. The van der Waals surface area contributed by atoms with Gasteiger partial charge in [-0.25, -0.2) is 0 Å². The highest BCUT2D eigenvalue weighted by atomic mass is 16.5. The average molecular weight is 346 g/mol.